The molecule has 0 atom stereocenters. The molecule has 0 heterocycles. The molecule has 0 fully saturated rings. The molecule has 0 aliphatic rings. The summed E-state index contributed by atoms with van der Waals surface area (Å²) in [5.41, 5.74) is 2.35. The van der Waals surface area contributed by atoms with Gasteiger partial charge in [-0.3, -0.25) is 0 Å². The van der Waals surface area contributed by atoms with Crippen LogP contribution >= 0.6 is 0 Å². The van der Waals surface area contributed by atoms with Gasteiger partial charge in [-0.2, -0.15) is 0 Å². The van der Waals surface area contributed by atoms with Crippen molar-refractivity contribution in [1.29, 1.82) is 0 Å². The van der Waals surface area contributed by atoms with E-state index in [4.69, 9.17) is 5.11 Å². The highest BCUT2D eigenvalue weighted by molar-refractivity contribution is 5.48. The van der Waals surface area contributed by atoms with Crippen LogP contribution in [0.15, 0.2) is 30.5 Å². The summed E-state index contributed by atoms with van der Waals surface area (Å²) in [5, 5.41) is 8.47. The Morgan fingerprint density at radius 3 is 2.36 bits per heavy atom. The number of hydrogen-bond donors (Lipinski definition) is 1. The molecule has 0 aliphatic carbocycles. The predicted octanol–water partition coefficient (Wildman–Crippen LogP) is 2.78. The maximum absolute atomic E-state index is 8.47. The van der Waals surface area contributed by atoms with Crippen LogP contribution in [0, 0.1) is 0 Å². The van der Waals surface area contributed by atoms with E-state index < -0.39 is 0 Å². The molecule has 1 N–H and O–H groups in total. The minimum Gasteiger partial charge on any atom is -0.516 e. The highest BCUT2D eigenvalue weighted by atomic mass is 16.2. The number of aliphatic hydroxyl groups excluding tert-OH is 1. The Morgan fingerprint density at radius 2 is 1.91 bits per heavy atom. The fraction of sp³-hybridized carbons (Fsp3) is 0.200. The van der Waals surface area contributed by atoms with Crippen LogP contribution in [-0.4, -0.2) is 5.11 Å². The molecule has 58 valence electrons. The predicted molar refractivity (Wildman–Crippen MR) is 47.5 cm³/mol. The summed E-state index contributed by atoms with van der Waals surface area (Å²) in [5.74, 6) is 0. The van der Waals surface area contributed by atoms with E-state index in [1.165, 1.54) is 5.56 Å². The third-order valence-corrected chi connectivity index (χ3v) is 1.65. The van der Waals surface area contributed by atoms with Crippen LogP contribution in [0.2, 0.25) is 0 Å². The summed E-state index contributed by atoms with van der Waals surface area (Å²) < 4.78 is 0. The lowest BCUT2D eigenvalue weighted by molar-refractivity contribution is 0.478. The summed E-state index contributed by atoms with van der Waals surface area (Å²) in [4.78, 5) is 0. The van der Waals surface area contributed by atoms with Gasteiger partial charge in [0.2, 0.25) is 0 Å². The van der Waals surface area contributed by atoms with E-state index in [0.717, 1.165) is 18.2 Å². The molecule has 0 unspecified atom stereocenters. The maximum Gasteiger partial charge on any atom is 0.0797 e. The van der Waals surface area contributed by atoms with Gasteiger partial charge in [-0.1, -0.05) is 31.2 Å². The van der Waals surface area contributed by atoms with E-state index in [-0.39, 0.29) is 0 Å². The second kappa shape index (κ2) is 3.81. The van der Waals surface area contributed by atoms with Crippen LogP contribution in [0.4, 0.5) is 0 Å². The zero-order chi connectivity index (χ0) is 8.10. The zero-order valence-electron chi connectivity index (χ0n) is 6.62. The number of rotatable bonds is 2. The topological polar surface area (TPSA) is 20.2 Å². The summed E-state index contributed by atoms with van der Waals surface area (Å²) in [6.45, 7) is 2.12. The Bertz CT molecular complexity index is 234. The first-order valence-corrected chi connectivity index (χ1v) is 3.76. The van der Waals surface area contributed by atoms with E-state index in [2.05, 4.69) is 19.1 Å². The molecular formula is C10H12O. The van der Waals surface area contributed by atoms with Gasteiger partial charge in [0, 0.05) is 0 Å². The standard InChI is InChI=1S/C10H12O/c1-2-9-3-5-10(6-4-9)7-8-11/h3-8,11H,2H2,1H3. The normalized spacial score (nSPS) is 10.6. The molecule has 0 aromatic heterocycles. The van der Waals surface area contributed by atoms with Crippen LogP contribution in [0.25, 0.3) is 6.08 Å². The lowest BCUT2D eigenvalue weighted by atomic mass is 10.1. The molecule has 1 nitrogen and oxygen atoms in total. The zero-order valence-corrected chi connectivity index (χ0v) is 6.62. The van der Waals surface area contributed by atoms with Crippen LogP contribution in [-0.2, 0) is 6.42 Å². The Hall–Kier alpha value is -1.24. The van der Waals surface area contributed by atoms with Gasteiger partial charge in [-0.15, -0.1) is 0 Å². The fourth-order valence-corrected chi connectivity index (χ4v) is 0.951. The minimum atomic E-state index is 1.03. The highest BCUT2D eigenvalue weighted by Gasteiger charge is 1.87. The number of hydrogen-bond acceptors (Lipinski definition) is 1. The van der Waals surface area contributed by atoms with E-state index >= 15 is 0 Å². The quantitative estimate of drug-likeness (QED) is 0.639. The van der Waals surface area contributed by atoms with Crippen molar-refractivity contribution in [3.63, 3.8) is 0 Å². The van der Waals surface area contributed by atoms with Crippen molar-refractivity contribution in [3.05, 3.63) is 41.7 Å². The van der Waals surface area contributed by atoms with Crippen LogP contribution in [0.3, 0.4) is 0 Å². The van der Waals surface area contributed by atoms with Crippen LogP contribution < -0.4 is 0 Å². The van der Waals surface area contributed by atoms with Gasteiger partial charge in [-0.25, -0.2) is 0 Å². The van der Waals surface area contributed by atoms with Crippen molar-refractivity contribution in [3.8, 4) is 0 Å². The van der Waals surface area contributed by atoms with E-state index in [0.29, 0.717) is 0 Å². The van der Waals surface area contributed by atoms with Gasteiger partial charge in [-0.05, 0) is 23.6 Å². The fourth-order valence-electron chi connectivity index (χ4n) is 0.951. The molecule has 0 amide bonds. The Kier molecular flexibility index (Phi) is 2.73. The Labute approximate surface area is 67.0 Å². The second-order valence-corrected chi connectivity index (χ2v) is 2.41. The highest BCUT2D eigenvalue weighted by Crippen LogP contribution is 2.05. The molecule has 1 aromatic rings. The number of benzene rings is 1. The molecule has 1 rings (SSSR count). The monoisotopic (exact) mass is 148 g/mol. The molecular weight excluding hydrogens is 136 g/mol. The van der Waals surface area contributed by atoms with Crippen molar-refractivity contribution in [2.75, 3.05) is 0 Å². The minimum absolute atomic E-state index is 1.03. The Morgan fingerprint density at radius 1 is 1.27 bits per heavy atom. The average Bonchev–Trinajstić information content (AvgIpc) is 2.07. The van der Waals surface area contributed by atoms with Gasteiger partial charge < -0.3 is 5.11 Å². The Balaban J connectivity index is 2.82. The van der Waals surface area contributed by atoms with Gasteiger partial charge >= 0.3 is 0 Å². The first-order valence-electron chi connectivity index (χ1n) is 3.76. The molecule has 0 spiro atoms. The van der Waals surface area contributed by atoms with Crippen molar-refractivity contribution in [1.82, 2.24) is 0 Å². The van der Waals surface area contributed by atoms with Crippen molar-refractivity contribution >= 4 is 6.08 Å². The molecule has 0 radical (unpaired) electrons. The average molecular weight is 148 g/mol. The third-order valence-electron chi connectivity index (χ3n) is 1.65. The smallest absolute Gasteiger partial charge is 0.0797 e. The van der Waals surface area contributed by atoms with Gasteiger partial charge in [0.25, 0.3) is 0 Å². The maximum atomic E-state index is 8.47. The lowest BCUT2D eigenvalue weighted by Crippen LogP contribution is -1.78. The van der Waals surface area contributed by atoms with Gasteiger partial charge in [0.1, 0.15) is 0 Å². The summed E-state index contributed by atoms with van der Waals surface area (Å²) in [6, 6.07) is 8.11. The summed E-state index contributed by atoms with van der Waals surface area (Å²) in [6.07, 6.45) is 3.78. The molecule has 1 heteroatoms. The van der Waals surface area contributed by atoms with Crippen LogP contribution in [0.1, 0.15) is 18.1 Å². The van der Waals surface area contributed by atoms with E-state index in [1.54, 1.807) is 6.08 Å². The van der Waals surface area contributed by atoms with Crippen molar-refractivity contribution in [2.45, 2.75) is 13.3 Å². The molecule has 11 heavy (non-hydrogen) atoms. The van der Waals surface area contributed by atoms with Crippen molar-refractivity contribution in [2.24, 2.45) is 0 Å². The van der Waals surface area contributed by atoms with Crippen LogP contribution in [0.5, 0.6) is 0 Å². The number of aryl methyl sites for hydroxylation is 1. The van der Waals surface area contributed by atoms with E-state index in [9.17, 15) is 0 Å². The molecule has 1 aromatic carbocycles. The number of aliphatic hydroxyl groups is 1. The summed E-state index contributed by atoms with van der Waals surface area (Å²) in [7, 11) is 0. The first kappa shape index (κ1) is 7.86. The van der Waals surface area contributed by atoms with Gasteiger partial charge in [0.05, 0.1) is 6.26 Å². The third kappa shape index (κ3) is 2.11. The molecule has 0 saturated heterocycles. The second-order valence-electron chi connectivity index (χ2n) is 2.41. The first-order chi connectivity index (χ1) is 5.36. The lowest BCUT2D eigenvalue weighted by Gasteiger charge is -1.95. The molecule has 0 aliphatic heterocycles. The molecule has 0 bridgehead atoms. The summed E-state index contributed by atoms with van der Waals surface area (Å²) >= 11 is 0. The molecule has 0 saturated carbocycles. The van der Waals surface area contributed by atoms with Crippen molar-refractivity contribution < 1.29 is 5.11 Å². The largest absolute Gasteiger partial charge is 0.516 e. The van der Waals surface area contributed by atoms with Gasteiger partial charge in [0.15, 0.2) is 0 Å². The van der Waals surface area contributed by atoms with E-state index in [1.807, 2.05) is 12.1 Å². The SMILES string of the molecule is CCc1ccc(C=CO)cc1.